The largest absolute Gasteiger partial charge is 0.772 e. The molecule has 36 heavy (non-hydrogen) atoms. The molecule has 0 aliphatic carbocycles. The second-order valence-corrected chi connectivity index (χ2v) is 9.48. The summed E-state index contributed by atoms with van der Waals surface area (Å²) in [5, 5.41) is 2.74. The molecule has 0 saturated heterocycles. The fourth-order valence-corrected chi connectivity index (χ4v) is 4.47. The standard InChI is InChI=1S/C25H31N3O7S/c1-5-35-21-15-16(9-10-20(21)34-4)19(12-14-36(32)33)28-24(30)17-7-6-8-18(23(17)25(28)31)26-22(29)11-13-27(2)3/h6-10,15,19H,5,11-14H2,1-4H3,(H,26,29)(H,32,33)/p-1. The normalized spacial score (nSPS) is 14.6. The highest BCUT2D eigenvalue weighted by Gasteiger charge is 2.42. The van der Waals surface area contributed by atoms with E-state index in [0.29, 0.717) is 30.2 Å². The zero-order valence-electron chi connectivity index (χ0n) is 20.7. The van der Waals surface area contributed by atoms with E-state index in [2.05, 4.69) is 5.32 Å². The second-order valence-electron chi connectivity index (χ2n) is 8.47. The van der Waals surface area contributed by atoms with Gasteiger partial charge in [0.2, 0.25) is 5.91 Å². The molecule has 3 amide bonds. The van der Waals surface area contributed by atoms with Crippen LogP contribution in [0.15, 0.2) is 36.4 Å². The van der Waals surface area contributed by atoms with E-state index in [9.17, 15) is 23.1 Å². The molecular formula is C25H30N3O7S-. The summed E-state index contributed by atoms with van der Waals surface area (Å²) in [7, 11) is 5.19. The van der Waals surface area contributed by atoms with Crippen LogP contribution < -0.4 is 14.8 Å². The molecule has 0 bridgehead atoms. The van der Waals surface area contributed by atoms with E-state index < -0.39 is 28.9 Å². The zero-order chi connectivity index (χ0) is 26.4. The Morgan fingerprint density at radius 3 is 2.56 bits per heavy atom. The summed E-state index contributed by atoms with van der Waals surface area (Å²) in [6, 6.07) is 8.78. The lowest BCUT2D eigenvalue weighted by atomic mass is 10.0. The number of hydrogen-bond acceptors (Lipinski definition) is 8. The molecule has 1 aliphatic heterocycles. The molecule has 0 radical (unpaired) electrons. The molecule has 0 spiro atoms. The van der Waals surface area contributed by atoms with Gasteiger partial charge in [-0.2, -0.15) is 0 Å². The molecule has 0 fully saturated rings. The molecule has 2 aromatic rings. The second kappa shape index (κ2) is 12.1. The van der Waals surface area contributed by atoms with Crippen molar-refractivity contribution in [3.8, 4) is 11.5 Å². The van der Waals surface area contributed by atoms with Crippen molar-refractivity contribution in [2.75, 3.05) is 45.4 Å². The van der Waals surface area contributed by atoms with Gasteiger partial charge in [0.25, 0.3) is 11.8 Å². The van der Waals surface area contributed by atoms with Crippen molar-refractivity contribution >= 4 is 34.5 Å². The Labute approximate surface area is 212 Å². The third-order valence-electron chi connectivity index (χ3n) is 5.75. The van der Waals surface area contributed by atoms with Crippen molar-refractivity contribution < 1.29 is 32.6 Å². The first-order valence-electron chi connectivity index (χ1n) is 11.5. The van der Waals surface area contributed by atoms with Crippen LogP contribution in [-0.2, 0) is 15.9 Å². The zero-order valence-corrected chi connectivity index (χ0v) is 21.6. The maximum atomic E-state index is 13.6. The maximum absolute atomic E-state index is 13.6. The third kappa shape index (κ3) is 6.10. The lowest BCUT2D eigenvalue weighted by Gasteiger charge is -2.28. The van der Waals surface area contributed by atoms with Gasteiger partial charge in [0.15, 0.2) is 11.5 Å². The number of ether oxygens (including phenoxy) is 2. The average Bonchev–Trinajstić information content (AvgIpc) is 3.09. The number of methoxy groups -OCH3 is 1. The van der Waals surface area contributed by atoms with Crippen LogP contribution in [0, 0.1) is 0 Å². The van der Waals surface area contributed by atoms with E-state index in [1.165, 1.54) is 13.2 Å². The number of amides is 3. The minimum atomic E-state index is -2.38. The first kappa shape index (κ1) is 27.3. The van der Waals surface area contributed by atoms with Crippen LogP contribution in [0.25, 0.3) is 0 Å². The van der Waals surface area contributed by atoms with E-state index in [4.69, 9.17) is 9.47 Å². The Morgan fingerprint density at radius 2 is 1.92 bits per heavy atom. The van der Waals surface area contributed by atoms with Gasteiger partial charge in [0, 0.05) is 18.7 Å². The summed E-state index contributed by atoms with van der Waals surface area (Å²) in [6.45, 7) is 2.69. The number of nitrogens with zero attached hydrogens (tertiary/aromatic N) is 2. The van der Waals surface area contributed by atoms with Gasteiger partial charge in [0.1, 0.15) is 0 Å². The Kier molecular flexibility index (Phi) is 9.19. The summed E-state index contributed by atoms with van der Waals surface area (Å²) in [5.41, 5.74) is 1.01. The molecular weight excluding hydrogens is 486 g/mol. The van der Waals surface area contributed by atoms with Gasteiger partial charge in [-0.15, -0.1) is 0 Å². The molecule has 2 aromatic carbocycles. The van der Waals surface area contributed by atoms with E-state index >= 15 is 0 Å². The fourth-order valence-electron chi connectivity index (χ4n) is 4.05. The monoisotopic (exact) mass is 516 g/mol. The van der Waals surface area contributed by atoms with Gasteiger partial charge >= 0.3 is 0 Å². The number of benzene rings is 2. The van der Waals surface area contributed by atoms with Crippen molar-refractivity contribution in [2.24, 2.45) is 0 Å². The predicted molar refractivity (Wildman–Crippen MR) is 134 cm³/mol. The quantitative estimate of drug-likeness (QED) is 0.337. The number of hydrogen-bond donors (Lipinski definition) is 1. The SMILES string of the molecule is CCOc1cc(C(CCS(=O)[O-])N2C(=O)c3cccc(NC(=O)CCN(C)C)c3C2=O)ccc1OC. The molecule has 3 rings (SSSR count). The molecule has 1 aliphatic rings. The number of anilines is 1. The molecule has 194 valence electrons. The van der Waals surface area contributed by atoms with Crippen LogP contribution in [0.2, 0.25) is 0 Å². The highest BCUT2D eigenvalue weighted by Crippen LogP contribution is 2.39. The van der Waals surface area contributed by atoms with Crippen LogP contribution in [0.5, 0.6) is 11.5 Å². The van der Waals surface area contributed by atoms with Gasteiger partial charge in [-0.05, 0) is 57.3 Å². The number of carbonyl (C=O) groups is 3. The predicted octanol–water partition coefficient (Wildman–Crippen LogP) is 2.59. The fraction of sp³-hybridized carbons (Fsp3) is 0.400. The van der Waals surface area contributed by atoms with Gasteiger partial charge < -0.3 is 24.2 Å². The molecule has 2 unspecified atom stereocenters. The van der Waals surface area contributed by atoms with Crippen LogP contribution in [0.3, 0.4) is 0 Å². The lowest BCUT2D eigenvalue weighted by molar-refractivity contribution is -0.116. The summed E-state index contributed by atoms with van der Waals surface area (Å²) in [5.74, 6) is -0.829. The van der Waals surface area contributed by atoms with Crippen molar-refractivity contribution in [3.63, 3.8) is 0 Å². The number of imide groups is 1. The summed E-state index contributed by atoms with van der Waals surface area (Å²) < 4.78 is 33.8. The van der Waals surface area contributed by atoms with Crippen LogP contribution in [0.1, 0.15) is 52.1 Å². The van der Waals surface area contributed by atoms with Crippen molar-refractivity contribution in [3.05, 3.63) is 53.1 Å². The van der Waals surface area contributed by atoms with Crippen molar-refractivity contribution in [2.45, 2.75) is 25.8 Å². The van der Waals surface area contributed by atoms with Gasteiger partial charge in [-0.3, -0.25) is 23.5 Å². The van der Waals surface area contributed by atoms with E-state index in [0.717, 1.165) is 4.90 Å². The highest BCUT2D eigenvalue weighted by molar-refractivity contribution is 7.79. The molecule has 1 heterocycles. The average molecular weight is 517 g/mol. The van der Waals surface area contributed by atoms with Crippen LogP contribution >= 0.6 is 0 Å². The van der Waals surface area contributed by atoms with E-state index in [-0.39, 0.29) is 41.3 Å². The van der Waals surface area contributed by atoms with Crippen molar-refractivity contribution in [1.29, 1.82) is 0 Å². The lowest BCUT2D eigenvalue weighted by Crippen LogP contribution is -2.35. The Bertz CT molecular complexity index is 1170. The van der Waals surface area contributed by atoms with E-state index in [1.54, 1.807) is 30.3 Å². The molecule has 10 nitrogen and oxygen atoms in total. The molecule has 0 aromatic heterocycles. The summed E-state index contributed by atoms with van der Waals surface area (Å²) in [4.78, 5) is 42.4. The number of rotatable bonds is 12. The topological polar surface area (TPSA) is 128 Å². The molecule has 1 N–H and O–H groups in total. The third-order valence-corrected chi connectivity index (χ3v) is 6.32. The number of fused-ring (bicyclic) bond motifs is 1. The van der Waals surface area contributed by atoms with Gasteiger partial charge in [-0.25, -0.2) is 0 Å². The maximum Gasteiger partial charge on any atom is 0.264 e. The van der Waals surface area contributed by atoms with Gasteiger partial charge in [-0.1, -0.05) is 23.2 Å². The Hall–Kier alpha value is -3.28. The summed E-state index contributed by atoms with van der Waals surface area (Å²) >= 11 is -2.38. The smallest absolute Gasteiger partial charge is 0.264 e. The van der Waals surface area contributed by atoms with E-state index in [1.807, 2.05) is 25.9 Å². The Balaban J connectivity index is 1.99. The minimum Gasteiger partial charge on any atom is -0.772 e. The number of carbonyl (C=O) groups excluding carboxylic acids is 3. The molecule has 0 saturated carbocycles. The first-order chi connectivity index (χ1) is 17.2. The van der Waals surface area contributed by atoms with Crippen LogP contribution in [-0.4, -0.2) is 76.4 Å². The van der Waals surface area contributed by atoms with Gasteiger partial charge in [0.05, 0.1) is 36.6 Å². The Morgan fingerprint density at radius 1 is 1.17 bits per heavy atom. The number of nitrogens with one attached hydrogen (secondary N) is 1. The van der Waals surface area contributed by atoms with Crippen molar-refractivity contribution in [1.82, 2.24) is 9.80 Å². The molecule has 2 atom stereocenters. The molecule has 11 heteroatoms. The highest BCUT2D eigenvalue weighted by atomic mass is 32.2. The summed E-state index contributed by atoms with van der Waals surface area (Å²) in [6.07, 6.45) is 0.205. The minimum absolute atomic E-state index is 0.00992. The first-order valence-corrected chi connectivity index (χ1v) is 12.7. The van der Waals surface area contributed by atoms with Crippen LogP contribution in [0.4, 0.5) is 5.69 Å².